The van der Waals surface area contributed by atoms with Crippen molar-refractivity contribution in [3.63, 3.8) is 0 Å². The van der Waals surface area contributed by atoms with Gasteiger partial charge in [0.15, 0.2) is 23.1 Å². The molecule has 0 saturated carbocycles. The normalized spacial score (nSPS) is 27.0. The molecular weight excluding hydrogens is 490 g/mol. The Morgan fingerprint density at radius 2 is 1.92 bits per heavy atom. The molecule has 0 spiro atoms. The Bertz CT molecular complexity index is 1460. The molecule has 1 aromatic carbocycles. The van der Waals surface area contributed by atoms with Crippen LogP contribution in [0.3, 0.4) is 0 Å². The van der Waals surface area contributed by atoms with Gasteiger partial charge in [0.2, 0.25) is 11.8 Å². The first kappa shape index (κ1) is 23.6. The Balaban J connectivity index is 1.46. The van der Waals surface area contributed by atoms with Gasteiger partial charge in [-0.3, -0.25) is 24.1 Å². The maximum absolute atomic E-state index is 13.7. The fourth-order valence-corrected chi connectivity index (χ4v) is 7.10. The van der Waals surface area contributed by atoms with Crippen molar-refractivity contribution in [3.8, 4) is 11.5 Å². The van der Waals surface area contributed by atoms with Crippen LogP contribution in [0.1, 0.15) is 36.1 Å². The average Bonchev–Trinajstić information content (AvgIpc) is 3.49. The van der Waals surface area contributed by atoms with E-state index in [1.807, 2.05) is 23.6 Å². The number of benzene rings is 1. The molecule has 188 valence electrons. The second-order valence-corrected chi connectivity index (χ2v) is 11.0. The van der Waals surface area contributed by atoms with Gasteiger partial charge in [-0.2, -0.15) is 0 Å². The molecule has 1 saturated heterocycles. The van der Waals surface area contributed by atoms with Crippen LogP contribution < -0.4 is 4.74 Å². The highest BCUT2D eigenvalue weighted by Crippen LogP contribution is 2.55. The van der Waals surface area contributed by atoms with Crippen molar-refractivity contribution >= 4 is 34.7 Å². The summed E-state index contributed by atoms with van der Waals surface area (Å²) in [5.74, 6) is -2.68. The summed E-state index contributed by atoms with van der Waals surface area (Å²) in [7, 11) is 1.46. The predicted molar refractivity (Wildman–Crippen MR) is 136 cm³/mol. The monoisotopic (exact) mass is 515 g/mol. The fraction of sp³-hybridized carbons (Fsp3) is 0.310. The minimum Gasteiger partial charge on any atom is -0.504 e. The number of hydrogen-bond acceptors (Lipinski definition) is 7. The third-order valence-electron chi connectivity index (χ3n) is 8.09. The number of carbonyl (C=O) groups is 4. The average molecular weight is 516 g/mol. The number of likely N-dealkylation sites (tertiary alicyclic amines) is 1. The minimum absolute atomic E-state index is 0.0744. The van der Waals surface area contributed by atoms with Crippen LogP contribution in [-0.4, -0.2) is 40.5 Å². The quantitative estimate of drug-likeness (QED) is 0.374. The lowest BCUT2D eigenvalue weighted by molar-refractivity contribution is -0.140. The van der Waals surface area contributed by atoms with E-state index >= 15 is 0 Å². The summed E-state index contributed by atoms with van der Waals surface area (Å²) in [5, 5.41) is 12.5. The molecule has 2 heterocycles. The summed E-state index contributed by atoms with van der Waals surface area (Å²) in [5.41, 5.74) is 2.68. The Kier molecular flexibility index (Phi) is 5.53. The Hall–Kier alpha value is -3.78. The van der Waals surface area contributed by atoms with E-state index in [0.29, 0.717) is 34.5 Å². The molecule has 37 heavy (non-hydrogen) atoms. The standard InChI is InChI=1S/C29H25NO6S/c1-14-10-21(31)20-12-19-17(24(26(20)27(14)33)15-5-8-23(36-2)22(32)11-15)6-7-18-25(19)29(35)30(28(18)34)13-16-4-3-9-37-16/h3-6,8-11,18-19,24-25,32H,7,12-13H2,1-2H3. The molecular formula is C29H25NO6S. The van der Waals surface area contributed by atoms with E-state index in [1.165, 1.54) is 29.4 Å². The first-order valence-corrected chi connectivity index (χ1v) is 13.1. The van der Waals surface area contributed by atoms with Gasteiger partial charge in [0.25, 0.3) is 0 Å². The van der Waals surface area contributed by atoms with E-state index in [-0.39, 0.29) is 48.0 Å². The summed E-state index contributed by atoms with van der Waals surface area (Å²) in [6, 6.07) is 8.76. The first-order valence-electron chi connectivity index (χ1n) is 12.2. The van der Waals surface area contributed by atoms with Crippen LogP contribution in [-0.2, 0) is 25.7 Å². The predicted octanol–water partition coefficient (Wildman–Crippen LogP) is 4.09. The zero-order valence-electron chi connectivity index (χ0n) is 20.4. The number of imide groups is 1. The second kappa shape index (κ2) is 8.66. The Morgan fingerprint density at radius 3 is 2.62 bits per heavy atom. The topological polar surface area (TPSA) is 101 Å². The molecule has 3 aliphatic carbocycles. The Morgan fingerprint density at radius 1 is 1.11 bits per heavy atom. The number of phenolic OH excluding ortho intramolecular Hbond substituents is 1. The molecule has 0 radical (unpaired) electrons. The van der Waals surface area contributed by atoms with Gasteiger partial charge >= 0.3 is 0 Å². The largest absolute Gasteiger partial charge is 0.504 e. The minimum atomic E-state index is -0.596. The number of fused-ring (bicyclic) bond motifs is 3. The molecule has 8 heteroatoms. The van der Waals surface area contributed by atoms with Crippen molar-refractivity contribution in [3.05, 3.63) is 80.6 Å². The number of ketones is 2. The van der Waals surface area contributed by atoms with Crippen LogP contribution >= 0.6 is 11.3 Å². The van der Waals surface area contributed by atoms with Crippen LogP contribution in [0.25, 0.3) is 0 Å². The number of aromatic hydroxyl groups is 1. The van der Waals surface area contributed by atoms with Gasteiger partial charge in [-0.05, 0) is 60.9 Å². The SMILES string of the molecule is COc1ccc(C2C3=CCC4C(=O)N(Cc5cccs5)C(=O)C4C3CC3=C2C(=O)C(C)=CC3=O)cc1O. The number of carbonyl (C=O) groups excluding carboxylic acids is 4. The number of allylic oxidation sites excluding steroid dienone is 6. The van der Waals surface area contributed by atoms with Gasteiger partial charge in [-0.1, -0.05) is 23.8 Å². The van der Waals surface area contributed by atoms with E-state index in [2.05, 4.69) is 0 Å². The van der Waals surface area contributed by atoms with E-state index in [9.17, 15) is 24.3 Å². The maximum Gasteiger partial charge on any atom is 0.234 e. The summed E-state index contributed by atoms with van der Waals surface area (Å²) < 4.78 is 5.20. The van der Waals surface area contributed by atoms with Crippen LogP contribution in [0.2, 0.25) is 0 Å². The highest BCUT2D eigenvalue weighted by atomic mass is 32.1. The summed E-state index contributed by atoms with van der Waals surface area (Å²) >= 11 is 1.50. The number of methoxy groups -OCH3 is 1. The number of ether oxygens (including phenoxy) is 1. The molecule has 1 aliphatic heterocycles. The van der Waals surface area contributed by atoms with Gasteiger partial charge in [-0.25, -0.2) is 0 Å². The van der Waals surface area contributed by atoms with Crippen molar-refractivity contribution in [2.75, 3.05) is 7.11 Å². The van der Waals surface area contributed by atoms with Gasteiger partial charge in [-0.15, -0.1) is 11.3 Å². The van der Waals surface area contributed by atoms with Crippen LogP contribution in [0.15, 0.2) is 70.2 Å². The smallest absolute Gasteiger partial charge is 0.234 e. The molecule has 1 N–H and O–H groups in total. The van der Waals surface area contributed by atoms with Crippen molar-refractivity contribution in [1.82, 2.24) is 4.90 Å². The first-order chi connectivity index (χ1) is 17.8. The molecule has 6 rings (SSSR count). The lowest BCUT2D eigenvalue weighted by Gasteiger charge is -2.42. The van der Waals surface area contributed by atoms with Crippen LogP contribution in [0.5, 0.6) is 11.5 Å². The number of rotatable bonds is 4. The van der Waals surface area contributed by atoms with E-state index in [4.69, 9.17) is 4.74 Å². The van der Waals surface area contributed by atoms with Crippen molar-refractivity contribution in [2.45, 2.75) is 32.2 Å². The summed E-state index contributed by atoms with van der Waals surface area (Å²) in [6.07, 6.45) is 3.97. The molecule has 4 atom stereocenters. The molecule has 1 fully saturated rings. The summed E-state index contributed by atoms with van der Waals surface area (Å²) in [4.78, 5) is 56.0. The number of hydrogen-bond donors (Lipinski definition) is 1. The highest BCUT2D eigenvalue weighted by Gasteiger charge is 2.56. The number of thiophene rings is 1. The zero-order chi connectivity index (χ0) is 26.0. The number of amides is 2. The van der Waals surface area contributed by atoms with Gasteiger partial charge in [0.05, 0.1) is 25.5 Å². The van der Waals surface area contributed by atoms with Gasteiger partial charge in [0, 0.05) is 27.5 Å². The molecule has 4 unspecified atom stereocenters. The van der Waals surface area contributed by atoms with Crippen molar-refractivity contribution in [1.29, 1.82) is 0 Å². The van der Waals surface area contributed by atoms with Gasteiger partial charge in [0.1, 0.15) is 0 Å². The number of phenols is 1. The molecule has 4 aliphatic rings. The second-order valence-electron chi connectivity index (χ2n) is 10.0. The maximum atomic E-state index is 13.7. The fourth-order valence-electron chi connectivity index (χ4n) is 6.41. The molecule has 0 bridgehead atoms. The lowest BCUT2D eigenvalue weighted by Crippen LogP contribution is -2.39. The zero-order valence-corrected chi connectivity index (χ0v) is 21.2. The Labute approximate surface area is 217 Å². The van der Waals surface area contributed by atoms with Gasteiger partial charge < -0.3 is 9.84 Å². The van der Waals surface area contributed by atoms with Crippen molar-refractivity contribution < 1.29 is 29.0 Å². The molecule has 2 aromatic rings. The number of nitrogens with zero attached hydrogens (tertiary/aromatic N) is 1. The van der Waals surface area contributed by atoms with Crippen molar-refractivity contribution in [2.24, 2.45) is 17.8 Å². The highest BCUT2D eigenvalue weighted by molar-refractivity contribution is 7.09. The van der Waals surface area contributed by atoms with Crippen LogP contribution in [0, 0.1) is 17.8 Å². The number of Topliss-reactive ketones (excluding diaryl/α,β-unsaturated/α-hetero) is 1. The van der Waals surface area contributed by atoms with E-state index in [0.717, 1.165) is 10.5 Å². The third-order valence-corrected chi connectivity index (χ3v) is 8.95. The third kappa shape index (κ3) is 3.54. The molecule has 1 aromatic heterocycles. The molecule has 7 nitrogen and oxygen atoms in total. The summed E-state index contributed by atoms with van der Waals surface area (Å²) in [6.45, 7) is 1.87. The van der Waals surface area contributed by atoms with E-state index in [1.54, 1.807) is 25.1 Å². The molecule has 2 amide bonds. The lowest BCUT2D eigenvalue weighted by atomic mass is 9.59. The van der Waals surface area contributed by atoms with E-state index < -0.39 is 17.8 Å². The van der Waals surface area contributed by atoms with Crippen LogP contribution in [0.4, 0.5) is 0 Å².